The molecule has 2 fully saturated rings. The van der Waals surface area contributed by atoms with E-state index in [1.165, 1.54) is 30.7 Å². The van der Waals surface area contributed by atoms with E-state index in [1.807, 2.05) is 0 Å². The monoisotopic (exact) mass is 273 g/mol. The first kappa shape index (κ1) is 11.7. The van der Waals surface area contributed by atoms with Crippen LogP contribution in [-0.2, 0) is 6.61 Å². The van der Waals surface area contributed by atoms with Gasteiger partial charge in [0.2, 0.25) is 0 Å². The Morgan fingerprint density at radius 1 is 1.41 bits per heavy atom. The van der Waals surface area contributed by atoms with Crippen molar-refractivity contribution in [2.45, 2.75) is 25.5 Å². The Morgan fingerprint density at radius 2 is 2.29 bits per heavy atom. The average Bonchev–Trinajstić information content (AvgIpc) is 2.93. The SMILES string of the molecule is OCc1sc(N2CCN3CCCC3C2)nc1Cl. The molecule has 1 N–H and O–H groups in total. The van der Waals surface area contributed by atoms with Gasteiger partial charge in [-0.3, -0.25) is 4.90 Å². The van der Waals surface area contributed by atoms with Crippen molar-refractivity contribution < 1.29 is 5.11 Å². The fraction of sp³-hybridized carbons (Fsp3) is 0.727. The minimum absolute atomic E-state index is 0.0140. The molecule has 0 aromatic carbocycles. The quantitative estimate of drug-likeness (QED) is 0.888. The molecule has 94 valence electrons. The lowest BCUT2D eigenvalue weighted by atomic mass is 10.2. The van der Waals surface area contributed by atoms with Crippen LogP contribution in [0.5, 0.6) is 0 Å². The van der Waals surface area contributed by atoms with E-state index < -0.39 is 0 Å². The van der Waals surface area contributed by atoms with Gasteiger partial charge >= 0.3 is 0 Å². The number of hydrogen-bond acceptors (Lipinski definition) is 5. The van der Waals surface area contributed by atoms with E-state index in [1.54, 1.807) is 0 Å². The number of aliphatic hydroxyl groups excluding tert-OH is 1. The zero-order valence-corrected chi connectivity index (χ0v) is 11.2. The van der Waals surface area contributed by atoms with Crippen LogP contribution in [0.3, 0.4) is 0 Å². The van der Waals surface area contributed by atoms with E-state index in [9.17, 15) is 0 Å². The van der Waals surface area contributed by atoms with Crippen LogP contribution in [0.25, 0.3) is 0 Å². The largest absolute Gasteiger partial charge is 0.391 e. The van der Waals surface area contributed by atoms with Crippen molar-refractivity contribution in [2.75, 3.05) is 31.1 Å². The summed E-state index contributed by atoms with van der Waals surface area (Å²) in [6.07, 6.45) is 2.61. The minimum atomic E-state index is -0.0140. The van der Waals surface area contributed by atoms with Gasteiger partial charge in [0.25, 0.3) is 0 Å². The summed E-state index contributed by atoms with van der Waals surface area (Å²) < 4.78 is 0. The summed E-state index contributed by atoms with van der Waals surface area (Å²) in [7, 11) is 0. The number of piperazine rings is 1. The Morgan fingerprint density at radius 3 is 3.06 bits per heavy atom. The third kappa shape index (κ3) is 2.17. The second-order valence-corrected chi connectivity index (χ2v) is 6.07. The standard InChI is InChI=1S/C11H16ClN3OS/c12-10-9(7-16)17-11(13-10)15-5-4-14-3-1-2-8(14)6-15/h8,16H,1-7H2. The molecule has 2 aliphatic rings. The predicted octanol–water partition coefficient (Wildman–Crippen LogP) is 1.57. The van der Waals surface area contributed by atoms with Gasteiger partial charge in [0.1, 0.15) is 5.15 Å². The first-order chi connectivity index (χ1) is 8.28. The summed E-state index contributed by atoms with van der Waals surface area (Å²) in [4.78, 5) is 10.0. The number of nitrogens with zero attached hydrogens (tertiary/aromatic N) is 3. The van der Waals surface area contributed by atoms with E-state index in [-0.39, 0.29) is 6.61 Å². The molecule has 3 heterocycles. The van der Waals surface area contributed by atoms with Crippen molar-refractivity contribution in [1.29, 1.82) is 0 Å². The second kappa shape index (κ2) is 4.72. The van der Waals surface area contributed by atoms with Crippen LogP contribution >= 0.6 is 22.9 Å². The molecule has 1 aromatic rings. The number of aliphatic hydroxyl groups is 1. The highest BCUT2D eigenvalue weighted by Gasteiger charge is 2.31. The zero-order chi connectivity index (χ0) is 11.8. The summed E-state index contributed by atoms with van der Waals surface area (Å²) in [6.45, 7) is 4.43. The molecule has 1 atom stereocenters. The fourth-order valence-corrected chi connectivity index (χ4v) is 3.87. The van der Waals surface area contributed by atoms with Crippen molar-refractivity contribution in [3.05, 3.63) is 10.0 Å². The van der Waals surface area contributed by atoms with E-state index in [2.05, 4.69) is 14.8 Å². The lowest BCUT2D eigenvalue weighted by Gasteiger charge is -2.37. The molecule has 2 saturated heterocycles. The van der Waals surface area contributed by atoms with Gasteiger partial charge in [0.15, 0.2) is 5.13 Å². The van der Waals surface area contributed by atoms with Crippen molar-refractivity contribution in [3.8, 4) is 0 Å². The van der Waals surface area contributed by atoms with Crippen LogP contribution in [0.1, 0.15) is 17.7 Å². The maximum Gasteiger partial charge on any atom is 0.187 e. The average molecular weight is 274 g/mol. The van der Waals surface area contributed by atoms with Gasteiger partial charge < -0.3 is 10.0 Å². The maximum atomic E-state index is 9.14. The third-order valence-electron chi connectivity index (χ3n) is 3.64. The molecule has 1 unspecified atom stereocenters. The molecular weight excluding hydrogens is 258 g/mol. The van der Waals surface area contributed by atoms with Crippen LogP contribution in [0, 0.1) is 0 Å². The Balaban J connectivity index is 1.75. The topological polar surface area (TPSA) is 39.6 Å². The lowest BCUT2D eigenvalue weighted by molar-refractivity contribution is 0.231. The van der Waals surface area contributed by atoms with Gasteiger partial charge in [-0.25, -0.2) is 4.98 Å². The molecule has 0 spiro atoms. The molecule has 0 amide bonds. The van der Waals surface area contributed by atoms with Gasteiger partial charge in [-0.15, -0.1) is 0 Å². The normalized spacial score (nSPS) is 25.3. The van der Waals surface area contributed by atoms with Crippen molar-refractivity contribution in [3.63, 3.8) is 0 Å². The number of rotatable bonds is 2. The smallest absolute Gasteiger partial charge is 0.187 e. The molecule has 3 rings (SSSR count). The summed E-state index contributed by atoms with van der Waals surface area (Å²) in [5.41, 5.74) is 0. The summed E-state index contributed by atoms with van der Waals surface area (Å²) in [5.74, 6) is 0. The van der Waals surface area contributed by atoms with Crippen LogP contribution < -0.4 is 4.90 Å². The van der Waals surface area contributed by atoms with Gasteiger partial charge in [-0.05, 0) is 19.4 Å². The van der Waals surface area contributed by atoms with Gasteiger partial charge in [0.05, 0.1) is 11.5 Å². The lowest BCUT2D eigenvalue weighted by Crippen LogP contribution is -2.50. The molecule has 4 nitrogen and oxygen atoms in total. The van der Waals surface area contributed by atoms with Crippen LogP contribution in [-0.4, -0.2) is 47.2 Å². The number of halogens is 1. The van der Waals surface area contributed by atoms with Gasteiger partial charge in [-0.1, -0.05) is 22.9 Å². The maximum absolute atomic E-state index is 9.14. The molecule has 17 heavy (non-hydrogen) atoms. The fourth-order valence-electron chi connectivity index (χ4n) is 2.72. The number of thiazole rings is 1. The van der Waals surface area contributed by atoms with E-state index in [4.69, 9.17) is 16.7 Å². The highest BCUT2D eigenvalue weighted by Crippen LogP contribution is 2.32. The van der Waals surface area contributed by atoms with E-state index in [0.717, 1.165) is 29.6 Å². The Kier molecular flexibility index (Phi) is 3.25. The van der Waals surface area contributed by atoms with Crippen molar-refractivity contribution in [1.82, 2.24) is 9.88 Å². The first-order valence-corrected chi connectivity index (χ1v) is 7.22. The molecule has 6 heteroatoms. The Hall–Kier alpha value is -0.360. The van der Waals surface area contributed by atoms with Crippen LogP contribution in [0.4, 0.5) is 5.13 Å². The summed E-state index contributed by atoms with van der Waals surface area (Å²) in [6, 6.07) is 0.684. The Labute approximate surface area is 110 Å². The van der Waals surface area contributed by atoms with E-state index in [0.29, 0.717) is 11.2 Å². The van der Waals surface area contributed by atoms with E-state index >= 15 is 0 Å². The van der Waals surface area contributed by atoms with Gasteiger partial charge in [0, 0.05) is 25.7 Å². The molecular formula is C11H16ClN3OS. The molecule has 1 aromatic heterocycles. The van der Waals surface area contributed by atoms with Gasteiger partial charge in [-0.2, -0.15) is 0 Å². The summed E-state index contributed by atoms with van der Waals surface area (Å²) >= 11 is 7.49. The number of fused-ring (bicyclic) bond motifs is 1. The molecule has 0 radical (unpaired) electrons. The number of hydrogen-bond donors (Lipinski definition) is 1. The third-order valence-corrected chi connectivity index (χ3v) is 5.17. The first-order valence-electron chi connectivity index (χ1n) is 6.03. The highest BCUT2D eigenvalue weighted by atomic mass is 35.5. The van der Waals surface area contributed by atoms with Crippen molar-refractivity contribution in [2.24, 2.45) is 0 Å². The molecule has 0 aliphatic carbocycles. The second-order valence-electron chi connectivity index (χ2n) is 4.65. The molecule has 0 saturated carbocycles. The van der Waals surface area contributed by atoms with Crippen molar-refractivity contribution >= 4 is 28.1 Å². The predicted molar refractivity (Wildman–Crippen MR) is 69.9 cm³/mol. The Bertz CT molecular complexity index is 411. The zero-order valence-electron chi connectivity index (χ0n) is 9.60. The van der Waals surface area contributed by atoms with Crippen LogP contribution in [0.2, 0.25) is 5.15 Å². The van der Waals surface area contributed by atoms with Crippen LogP contribution in [0.15, 0.2) is 0 Å². The molecule has 2 aliphatic heterocycles. The number of aromatic nitrogens is 1. The molecule has 0 bridgehead atoms. The highest BCUT2D eigenvalue weighted by molar-refractivity contribution is 7.16. The number of anilines is 1. The minimum Gasteiger partial charge on any atom is -0.391 e. The summed E-state index contributed by atoms with van der Waals surface area (Å²) in [5, 5.41) is 10.6.